The van der Waals surface area contributed by atoms with E-state index in [1.165, 1.54) is 18.5 Å². The molecule has 0 saturated carbocycles. The predicted molar refractivity (Wildman–Crippen MR) is 154 cm³/mol. The molecule has 0 unspecified atom stereocenters. The zero-order valence-corrected chi connectivity index (χ0v) is 24.6. The Hall–Kier alpha value is -3.65. The summed E-state index contributed by atoms with van der Waals surface area (Å²) >= 11 is 7.22. The maximum atomic E-state index is 13.9. The van der Waals surface area contributed by atoms with Gasteiger partial charge in [-0.05, 0) is 41.3 Å². The Kier molecular flexibility index (Phi) is 8.23. The monoisotopic (exact) mass is 615 g/mol. The Bertz CT molecular complexity index is 1660. The number of carbonyl (C=O) groups excluding carboxylic acids is 2. The first-order chi connectivity index (χ1) is 19.6. The minimum Gasteiger partial charge on any atom is -0.469 e. The molecule has 1 aliphatic heterocycles. The van der Waals surface area contributed by atoms with Crippen LogP contribution in [0, 0.1) is 0 Å². The lowest BCUT2D eigenvalue weighted by molar-refractivity contribution is -0.145. The second-order valence-electron chi connectivity index (χ2n) is 9.48. The number of carbonyl (C=O) groups is 2. The van der Waals surface area contributed by atoms with E-state index < -0.39 is 27.5 Å². The number of sulfonamides is 1. The number of aromatic nitrogens is 3. The van der Waals surface area contributed by atoms with E-state index in [0.29, 0.717) is 5.02 Å². The molecule has 0 N–H and O–H groups in total. The summed E-state index contributed by atoms with van der Waals surface area (Å²) in [4.78, 5) is 40.2. The average molecular weight is 616 g/mol. The second kappa shape index (κ2) is 11.7. The van der Waals surface area contributed by atoms with E-state index in [0.717, 1.165) is 32.5 Å². The van der Waals surface area contributed by atoms with Crippen molar-refractivity contribution in [2.45, 2.75) is 22.6 Å². The van der Waals surface area contributed by atoms with Crippen molar-refractivity contribution < 1.29 is 27.5 Å². The van der Waals surface area contributed by atoms with E-state index in [4.69, 9.17) is 21.1 Å². The van der Waals surface area contributed by atoms with Crippen LogP contribution in [0.3, 0.4) is 0 Å². The maximum Gasteiger partial charge on any atom is 0.307 e. The number of halogens is 1. The van der Waals surface area contributed by atoms with Crippen LogP contribution < -0.4 is 4.90 Å². The zero-order chi connectivity index (χ0) is 29.2. The Labute approximate surface area is 245 Å². The summed E-state index contributed by atoms with van der Waals surface area (Å²) in [5.41, 5.74) is 0.222. The lowest BCUT2D eigenvalue weighted by atomic mass is 9.87. The molecule has 1 aromatic carbocycles. The number of pyridine rings is 1. The second-order valence-corrected chi connectivity index (χ2v) is 13.2. The molecule has 0 spiro atoms. The standard InChI is InChI=1S/C27H26ClN5O6S2/c1-38-23(34)13-27(14-24(35)39-2)17-32(41(36,37)25-11-19-3-4-21(28)12-22(19)40-25)9-10-33(27)26-30-15-20(16-31-26)18-5-7-29-8-6-18/h3-8,11-12,15-16H,9-10,13-14,17H2,1-2H3. The summed E-state index contributed by atoms with van der Waals surface area (Å²) in [6.07, 6.45) is 5.97. The number of piperazine rings is 1. The Morgan fingerprint density at radius 1 is 0.976 bits per heavy atom. The molecule has 1 aliphatic rings. The first kappa shape index (κ1) is 28.9. The zero-order valence-electron chi connectivity index (χ0n) is 22.2. The number of methoxy groups -OCH3 is 2. The van der Waals surface area contributed by atoms with Crippen molar-refractivity contribution in [2.75, 3.05) is 38.8 Å². The van der Waals surface area contributed by atoms with Gasteiger partial charge in [0.2, 0.25) is 5.95 Å². The van der Waals surface area contributed by atoms with Crippen LogP contribution in [0.1, 0.15) is 12.8 Å². The van der Waals surface area contributed by atoms with Crippen molar-refractivity contribution in [1.29, 1.82) is 0 Å². The van der Waals surface area contributed by atoms with Gasteiger partial charge in [-0.15, -0.1) is 11.3 Å². The highest BCUT2D eigenvalue weighted by Gasteiger charge is 2.49. The lowest BCUT2D eigenvalue weighted by Crippen LogP contribution is -2.65. The summed E-state index contributed by atoms with van der Waals surface area (Å²) in [7, 11) is -1.54. The molecule has 4 aromatic rings. The van der Waals surface area contributed by atoms with Crippen molar-refractivity contribution >= 4 is 60.9 Å². The first-order valence-corrected chi connectivity index (χ1v) is 15.1. The number of ether oxygens (including phenoxy) is 2. The van der Waals surface area contributed by atoms with Crippen LogP contribution in [0.25, 0.3) is 21.2 Å². The van der Waals surface area contributed by atoms with Gasteiger partial charge in [0.15, 0.2) is 0 Å². The Morgan fingerprint density at radius 2 is 1.63 bits per heavy atom. The van der Waals surface area contributed by atoms with E-state index >= 15 is 0 Å². The normalized spacial score (nSPS) is 15.5. The van der Waals surface area contributed by atoms with E-state index in [-0.39, 0.29) is 42.6 Å². The fraction of sp³-hybridized carbons (Fsp3) is 0.296. The van der Waals surface area contributed by atoms with Crippen LogP contribution in [0.4, 0.5) is 5.95 Å². The van der Waals surface area contributed by atoms with Gasteiger partial charge in [0.05, 0.1) is 32.6 Å². The van der Waals surface area contributed by atoms with Crippen LogP contribution >= 0.6 is 22.9 Å². The Morgan fingerprint density at radius 3 is 2.27 bits per heavy atom. The maximum absolute atomic E-state index is 13.9. The highest BCUT2D eigenvalue weighted by molar-refractivity contribution is 7.91. The smallest absolute Gasteiger partial charge is 0.307 e. The highest BCUT2D eigenvalue weighted by Crippen LogP contribution is 2.38. The number of esters is 2. The fourth-order valence-corrected chi connectivity index (χ4v) is 8.23. The lowest BCUT2D eigenvalue weighted by Gasteiger charge is -2.49. The molecular formula is C27H26ClN5O6S2. The van der Waals surface area contributed by atoms with Gasteiger partial charge in [-0.25, -0.2) is 18.4 Å². The molecule has 11 nitrogen and oxygen atoms in total. The highest BCUT2D eigenvalue weighted by atomic mass is 35.5. The molecule has 14 heteroatoms. The summed E-state index contributed by atoms with van der Waals surface area (Å²) in [6.45, 7) is -0.0283. The first-order valence-electron chi connectivity index (χ1n) is 12.5. The van der Waals surface area contributed by atoms with Gasteiger partial charge in [0.25, 0.3) is 10.0 Å². The molecule has 214 valence electrons. The van der Waals surface area contributed by atoms with Crippen LogP contribution in [0.15, 0.2) is 65.4 Å². The number of nitrogens with zero attached hydrogens (tertiary/aromatic N) is 5. The molecular weight excluding hydrogens is 590 g/mol. The minimum absolute atomic E-state index is 0.0664. The van der Waals surface area contributed by atoms with Gasteiger partial charge in [-0.1, -0.05) is 17.7 Å². The van der Waals surface area contributed by atoms with Crippen molar-refractivity contribution in [1.82, 2.24) is 19.3 Å². The number of fused-ring (bicyclic) bond motifs is 1. The quantitative estimate of drug-likeness (QED) is 0.270. The number of benzene rings is 1. The largest absolute Gasteiger partial charge is 0.469 e. The summed E-state index contributed by atoms with van der Waals surface area (Å²) in [5.74, 6) is -1.00. The SMILES string of the molecule is COC(=O)CC1(CC(=O)OC)CN(S(=O)(=O)c2cc3ccc(Cl)cc3s2)CCN1c1ncc(-c2ccncc2)cn1. The summed E-state index contributed by atoms with van der Waals surface area (Å²) < 4.78 is 39.9. The predicted octanol–water partition coefficient (Wildman–Crippen LogP) is 3.78. The fourth-order valence-electron chi connectivity index (χ4n) is 4.89. The van der Waals surface area contributed by atoms with E-state index in [2.05, 4.69) is 15.0 Å². The summed E-state index contributed by atoms with van der Waals surface area (Å²) in [6, 6.07) is 10.4. The average Bonchev–Trinajstić information content (AvgIpc) is 3.42. The van der Waals surface area contributed by atoms with Crippen molar-refractivity contribution in [3.63, 3.8) is 0 Å². The molecule has 0 atom stereocenters. The molecule has 4 heterocycles. The van der Waals surface area contributed by atoms with E-state index in [1.54, 1.807) is 54.0 Å². The van der Waals surface area contributed by atoms with E-state index in [1.807, 2.05) is 12.1 Å². The number of rotatable bonds is 8. The molecule has 1 fully saturated rings. The number of hydrogen-bond donors (Lipinski definition) is 0. The van der Waals surface area contributed by atoms with Crippen LogP contribution in [0.5, 0.6) is 0 Å². The van der Waals surface area contributed by atoms with Crippen LogP contribution in [0.2, 0.25) is 5.02 Å². The third-order valence-electron chi connectivity index (χ3n) is 6.97. The van der Waals surface area contributed by atoms with Crippen molar-refractivity contribution in [3.8, 4) is 11.1 Å². The van der Waals surface area contributed by atoms with Gasteiger partial charge in [0.1, 0.15) is 4.21 Å². The molecule has 1 saturated heterocycles. The number of anilines is 1. The molecule has 5 rings (SSSR count). The molecule has 0 aliphatic carbocycles. The topological polar surface area (TPSA) is 132 Å². The summed E-state index contributed by atoms with van der Waals surface area (Å²) in [5, 5.41) is 1.25. The van der Waals surface area contributed by atoms with Gasteiger partial charge in [-0.3, -0.25) is 14.6 Å². The van der Waals surface area contributed by atoms with Gasteiger partial charge in [-0.2, -0.15) is 4.31 Å². The molecule has 3 aromatic heterocycles. The molecule has 0 bridgehead atoms. The number of hydrogen-bond acceptors (Lipinski definition) is 11. The molecule has 0 amide bonds. The third kappa shape index (κ3) is 5.89. The Balaban J connectivity index is 1.54. The van der Waals surface area contributed by atoms with Gasteiger partial charge < -0.3 is 14.4 Å². The van der Waals surface area contributed by atoms with Crippen LogP contribution in [-0.4, -0.2) is 79.0 Å². The minimum atomic E-state index is -4.01. The van der Waals surface area contributed by atoms with E-state index in [9.17, 15) is 18.0 Å². The molecule has 41 heavy (non-hydrogen) atoms. The van der Waals surface area contributed by atoms with Crippen molar-refractivity contribution in [3.05, 3.63) is 66.2 Å². The van der Waals surface area contributed by atoms with Gasteiger partial charge >= 0.3 is 11.9 Å². The van der Waals surface area contributed by atoms with Crippen LogP contribution in [-0.2, 0) is 29.1 Å². The molecule has 0 radical (unpaired) electrons. The number of thiophene rings is 1. The van der Waals surface area contributed by atoms with Crippen molar-refractivity contribution in [2.24, 2.45) is 0 Å². The van der Waals surface area contributed by atoms with Gasteiger partial charge in [0, 0.05) is 59.7 Å². The third-order valence-corrected chi connectivity index (χ3v) is 10.6.